The first kappa shape index (κ1) is 17.3. The summed E-state index contributed by atoms with van der Waals surface area (Å²) in [6.45, 7) is 5.12. The van der Waals surface area contributed by atoms with Crippen molar-refractivity contribution in [3.05, 3.63) is 17.0 Å². The Morgan fingerprint density at radius 2 is 2.05 bits per heavy atom. The number of alkyl halides is 3. The molecule has 1 aromatic heterocycles. The van der Waals surface area contributed by atoms with Crippen LogP contribution in [0.25, 0.3) is 0 Å². The van der Waals surface area contributed by atoms with Crippen molar-refractivity contribution in [1.82, 2.24) is 9.88 Å². The zero-order valence-electron chi connectivity index (χ0n) is 11.4. The fourth-order valence-corrected chi connectivity index (χ4v) is 3.30. The molecule has 0 spiro atoms. The highest BCUT2D eigenvalue weighted by Crippen LogP contribution is 2.23. The van der Waals surface area contributed by atoms with E-state index in [-0.39, 0.29) is 0 Å². The monoisotopic (exact) mass is 330 g/mol. The zero-order chi connectivity index (χ0) is 15.6. The SMILES string of the molecule is Cc1noc(C)c1CC(C)NS(=O)(=O)CCC(F)(F)Cl. The van der Waals surface area contributed by atoms with Gasteiger partial charge in [0.05, 0.1) is 11.4 Å². The van der Waals surface area contributed by atoms with Gasteiger partial charge in [0.1, 0.15) is 5.76 Å². The van der Waals surface area contributed by atoms with Crippen LogP contribution in [-0.4, -0.2) is 30.8 Å². The molecule has 1 atom stereocenters. The van der Waals surface area contributed by atoms with Crippen LogP contribution < -0.4 is 4.72 Å². The first-order valence-corrected chi connectivity index (χ1v) is 8.01. The van der Waals surface area contributed by atoms with Gasteiger partial charge in [-0.15, -0.1) is 0 Å². The predicted molar refractivity (Wildman–Crippen MR) is 71.5 cm³/mol. The van der Waals surface area contributed by atoms with Crippen LogP contribution in [0.15, 0.2) is 4.52 Å². The average molecular weight is 331 g/mol. The van der Waals surface area contributed by atoms with Crippen LogP contribution >= 0.6 is 11.6 Å². The smallest absolute Gasteiger partial charge is 0.322 e. The summed E-state index contributed by atoms with van der Waals surface area (Å²) >= 11 is 4.69. The summed E-state index contributed by atoms with van der Waals surface area (Å²) in [6, 6.07) is -0.458. The largest absolute Gasteiger partial charge is 0.361 e. The molecule has 5 nitrogen and oxygen atoms in total. The van der Waals surface area contributed by atoms with Crippen molar-refractivity contribution in [2.45, 2.75) is 45.0 Å². The Labute approximate surface area is 121 Å². The molecule has 0 fully saturated rings. The molecule has 1 N–H and O–H groups in total. The molecule has 1 heterocycles. The van der Waals surface area contributed by atoms with E-state index < -0.39 is 33.6 Å². The Kier molecular flexibility index (Phi) is 5.51. The molecular weight excluding hydrogens is 314 g/mol. The minimum atomic E-state index is -3.81. The number of aromatic nitrogens is 1. The van der Waals surface area contributed by atoms with Crippen molar-refractivity contribution in [3.63, 3.8) is 0 Å². The van der Waals surface area contributed by atoms with E-state index in [1.165, 1.54) is 0 Å². The molecule has 0 aromatic carbocycles. The third kappa shape index (κ3) is 5.72. The molecule has 116 valence electrons. The second-order valence-electron chi connectivity index (χ2n) is 4.71. The molecule has 0 amide bonds. The van der Waals surface area contributed by atoms with E-state index in [0.717, 1.165) is 5.56 Å². The van der Waals surface area contributed by atoms with Gasteiger partial charge in [-0.2, -0.15) is 8.78 Å². The molecule has 0 radical (unpaired) electrons. The fraction of sp³-hybridized carbons (Fsp3) is 0.727. The van der Waals surface area contributed by atoms with Gasteiger partial charge in [0.2, 0.25) is 10.0 Å². The molecule has 0 bridgehead atoms. The van der Waals surface area contributed by atoms with E-state index in [0.29, 0.717) is 17.9 Å². The molecular formula is C11H17ClF2N2O3S. The van der Waals surface area contributed by atoms with Gasteiger partial charge in [0, 0.05) is 18.0 Å². The van der Waals surface area contributed by atoms with E-state index in [4.69, 9.17) is 4.52 Å². The van der Waals surface area contributed by atoms with Crippen LogP contribution in [0.3, 0.4) is 0 Å². The van der Waals surface area contributed by atoms with Crippen molar-refractivity contribution in [2.75, 3.05) is 5.75 Å². The van der Waals surface area contributed by atoms with Gasteiger partial charge >= 0.3 is 5.38 Å². The van der Waals surface area contributed by atoms with Gasteiger partial charge in [-0.1, -0.05) is 5.16 Å². The van der Waals surface area contributed by atoms with Crippen molar-refractivity contribution in [2.24, 2.45) is 0 Å². The topological polar surface area (TPSA) is 72.2 Å². The molecule has 0 saturated carbocycles. The molecule has 1 unspecified atom stereocenters. The number of hydrogen-bond acceptors (Lipinski definition) is 4. The van der Waals surface area contributed by atoms with Crippen LogP contribution in [0.5, 0.6) is 0 Å². The summed E-state index contributed by atoms with van der Waals surface area (Å²) < 4.78 is 55.5. The molecule has 9 heteroatoms. The standard InChI is InChI=1S/C11H17ClF2N2O3S/c1-7(6-10-8(2)15-19-9(10)3)16-20(17,18)5-4-11(12,13)14/h7,16H,4-6H2,1-3H3. The van der Waals surface area contributed by atoms with Gasteiger partial charge in [-0.3, -0.25) is 0 Å². The first-order chi connectivity index (χ1) is 9.00. The normalized spacial score (nSPS) is 14.5. The van der Waals surface area contributed by atoms with E-state index in [1.807, 2.05) is 0 Å². The maximum absolute atomic E-state index is 12.5. The van der Waals surface area contributed by atoms with E-state index in [1.54, 1.807) is 20.8 Å². The van der Waals surface area contributed by atoms with Crippen molar-refractivity contribution in [1.29, 1.82) is 0 Å². The lowest BCUT2D eigenvalue weighted by Gasteiger charge is -2.15. The minimum Gasteiger partial charge on any atom is -0.361 e. The summed E-state index contributed by atoms with van der Waals surface area (Å²) in [7, 11) is -3.81. The third-order valence-electron chi connectivity index (χ3n) is 2.73. The van der Waals surface area contributed by atoms with Gasteiger partial charge in [0.15, 0.2) is 0 Å². The Morgan fingerprint density at radius 1 is 1.45 bits per heavy atom. The molecule has 0 aliphatic carbocycles. The lowest BCUT2D eigenvalue weighted by atomic mass is 10.1. The quantitative estimate of drug-likeness (QED) is 0.779. The average Bonchev–Trinajstić information content (AvgIpc) is 2.57. The molecule has 0 aliphatic heterocycles. The second kappa shape index (κ2) is 6.36. The number of aryl methyl sites for hydroxylation is 2. The summed E-state index contributed by atoms with van der Waals surface area (Å²) in [5.74, 6) is -0.115. The molecule has 0 aliphatic rings. The van der Waals surface area contributed by atoms with E-state index in [9.17, 15) is 17.2 Å². The number of nitrogens with one attached hydrogen (secondary N) is 1. The first-order valence-electron chi connectivity index (χ1n) is 5.98. The fourth-order valence-electron chi connectivity index (χ4n) is 1.76. The highest BCUT2D eigenvalue weighted by Gasteiger charge is 2.28. The van der Waals surface area contributed by atoms with Gasteiger partial charge < -0.3 is 4.52 Å². The Morgan fingerprint density at radius 3 is 2.50 bits per heavy atom. The van der Waals surface area contributed by atoms with Crippen molar-refractivity contribution in [3.8, 4) is 0 Å². The summed E-state index contributed by atoms with van der Waals surface area (Å²) in [5.41, 5.74) is 1.49. The van der Waals surface area contributed by atoms with Crippen LogP contribution in [-0.2, 0) is 16.4 Å². The number of halogens is 3. The van der Waals surface area contributed by atoms with Gasteiger partial charge in [-0.05, 0) is 38.8 Å². The number of rotatable bonds is 7. The third-order valence-corrected chi connectivity index (χ3v) is 4.42. The zero-order valence-corrected chi connectivity index (χ0v) is 13.0. The van der Waals surface area contributed by atoms with Gasteiger partial charge in [0.25, 0.3) is 0 Å². The lowest BCUT2D eigenvalue weighted by molar-refractivity contribution is 0.0927. The number of hydrogen-bond donors (Lipinski definition) is 1. The number of sulfonamides is 1. The minimum absolute atomic E-state index is 0.373. The van der Waals surface area contributed by atoms with Crippen LogP contribution in [0.1, 0.15) is 30.4 Å². The molecule has 20 heavy (non-hydrogen) atoms. The highest BCUT2D eigenvalue weighted by molar-refractivity contribution is 7.89. The molecule has 1 rings (SSSR count). The number of nitrogens with zero attached hydrogens (tertiary/aromatic N) is 1. The Bertz CT molecular complexity index is 535. The predicted octanol–water partition coefficient (Wildman–Crippen LogP) is 2.36. The van der Waals surface area contributed by atoms with Crippen LogP contribution in [0, 0.1) is 13.8 Å². The highest BCUT2D eigenvalue weighted by atomic mass is 35.5. The summed E-state index contributed by atoms with van der Waals surface area (Å²) in [4.78, 5) is 0. The Balaban J connectivity index is 2.60. The molecule has 1 aromatic rings. The summed E-state index contributed by atoms with van der Waals surface area (Å²) in [5, 5.41) is 0.251. The molecule has 0 saturated heterocycles. The maximum atomic E-state index is 12.5. The van der Waals surface area contributed by atoms with Crippen molar-refractivity contribution < 1.29 is 21.7 Å². The summed E-state index contributed by atoms with van der Waals surface area (Å²) in [6.07, 6.45) is -0.556. The van der Waals surface area contributed by atoms with Gasteiger partial charge in [-0.25, -0.2) is 13.1 Å². The Hall–Kier alpha value is -0.730. The van der Waals surface area contributed by atoms with Crippen LogP contribution in [0.2, 0.25) is 0 Å². The maximum Gasteiger partial charge on any atom is 0.322 e. The lowest BCUT2D eigenvalue weighted by Crippen LogP contribution is -2.36. The van der Waals surface area contributed by atoms with Crippen LogP contribution in [0.4, 0.5) is 8.78 Å². The van der Waals surface area contributed by atoms with E-state index in [2.05, 4.69) is 21.5 Å². The second-order valence-corrected chi connectivity index (χ2v) is 7.14. The van der Waals surface area contributed by atoms with Crippen molar-refractivity contribution >= 4 is 21.6 Å². The van der Waals surface area contributed by atoms with E-state index >= 15 is 0 Å².